The van der Waals surface area contributed by atoms with Crippen molar-refractivity contribution in [2.45, 2.75) is 41.0 Å². The molecule has 0 unspecified atom stereocenters. The fourth-order valence-electron chi connectivity index (χ4n) is 3.11. The summed E-state index contributed by atoms with van der Waals surface area (Å²) in [4.78, 5) is 23.1. The summed E-state index contributed by atoms with van der Waals surface area (Å²) < 4.78 is 0. The van der Waals surface area contributed by atoms with Gasteiger partial charge in [0.25, 0.3) is 5.91 Å². The van der Waals surface area contributed by atoms with Crippen molar-refractivity contribution in [2.24, 2.45) is 0 Å². The quantitative estimate of drug-likeness (QED) is 0.641. The van der Waals surface area contributed by atoms with E-state index in [4.69, 9.17) is 0 Å². The average Bonchev–Trinajstić information content (AvgIpc) is 3.22. The molecule has 2 aromatic rings. The molecule has 31 heavy (non-hydrogen) atoms. The smallest absolute Gasteiger partial charge is 0.257 e. The first-order chi connectivity index (χ1) is 15.2. The summed E-state index contributed by atoms with van der Waals surface area (Å²) in [5.74, 6) is 1.07. The number of nitrogens with zero attached hydrogens (tertiary/aromatic N) is 3. The maximum atomic E-state index is 12.4. The lowest BCUT2D eigenvalue weighted by Crippen LogP contribution is -2.19. The fourth-order valence-corrected chi connectivity index (χ4v) is 3.11. The largest absolute Gasteiger partial charge is 0.357 e. The Morgan fingerprint density at radius 3 is 2.16 bits per heavy atom. The Morgan fingerprint density at radius 1 is 1.10 bits per heavy atom. The van der Waals surface area contributed by atoms with E-state index in [0.29, 0.717) is 23.0 Å². The molecule has 1 aromatic carbocycles. The lowest BCUT2D eigenvalue weighted by atomic mass is 10.1. The van der Waals surface area contributed by atoms with E-state index >= 15 is 0 Å². The summed E-state index contributed by atoms with van der Waals surface area (Å²) in [5.41, 5.74) is 3.22. The molecule has 1 saturated heterocycles. The number of nitrogens with one attached hydrogen (secondary N) is 2. The second-order valence-corrected chi connectivity index (χ2v) is 5.97. The first-order valence-electron chi connectivity index (χ1n) is 10.9. The molecule has 0 radical (unpaired) electrons. The Labute approximate surface area is 186 Å². The Kier molecular flexibility index (Phi) is 11.4. The predicted octanol–water partition coefficient (Wildman–Crippen LogP) is 5.81. The topological polar surface area (TPSA) is 70.2 Å². The molecular weight excluding hydrogens is 386 g/mol. The van der Waals surface area contributed by atoms with Gasteiger partial charge in [0, 0.05) is 13.6 Å². The molecule has 2 aliphatic rings. The number of rotatable bonds is 2. The monoisotopic (exact) mass is 421 g/mol. The van der Waals surface area contributed by atoms with Gasteiger partial charge in [0.05, 0.1) is 17.5 Å². The van der Waals surface area contributed by atoms with Crippen LogP contribution >= 0.6 is 0 Å². The molecule has 0 bridgehead atoms. The van der Waals surface area contributed by atoms with E-state index in [9.17, 15) is 4.79 Å². The van der Waals surface area contributed by atoms with Crippen molar-refractivity contribution in [1.29, 1.82) is 0 Å². The first-order valence-corrected chi connectivity index (χ1v) is 10.9. The highest BCUT2D eigenvalue weighted by atomic mass is 16.1. The van der Waals surface area contributed by atoms with Gasteiger partial charge in [0.15, 0.2) is 5.82 Å². The molecule has 0 atom stereocenters. The van der Waals surface area contributed by atoms with Crippen LogP contribution in [-0.2, 0) is 4.79 Å². The molecule has 0 saturated carbocycles. The first kappa shape index (κ1) is 25.6. The standard InChI is InChI=1S/C15H17N5O.C6H6.2C2H6/c1-4-9-6-7-20-12(9)10(5-2)14(21)18-11-8-17-15(16-3)19-13(11)20;1-2-4-6-5-3-1;2*1-2/h4-5,8H,2,6-7H2,1,3H3,(H,18,21)(H,16,17,19);1-6H;2*1-2H3/b9-4-;;;. The molecule has 6 heteroatoms. The van der Waals surface area contributed by atoms with Crippen LogP contribution in [0.3, 0.4) is 0 Å². The maximum Gasteiger partial charge on any atom is 0.257 e. The van der Waals surface area contributed by atoms with Crippen LogP contribution in [0.1, 0.15) is 41.0 Å². The minimum atomic E-state index is -0.175. The molecule has 1 aromatic heterocycles. The summed E-state index contributed by atoms with van der Waals surface area (Å²) in [6, 6.07) is 12.0. The molecule has 2 aliphatic heterocycles. The van der Waals surface area contributed by atoms with Crippen molar-refractivity contribution >= 4 is 23.4 Å². The van der Waals surface area contributed by atoms with Crippen LogP contribution in [0.15, 0.2) is 78.2 Å². The highest BCUT2D eigenvalue weighted by Crippen LogP contribution is 2.40. The van der Waals surface area contributed by atoms with Crippen LogP contribution in [0.4, 0.5) is 17.5 Å². The van der Waals surface area contributed by atoms with Crippen LogP contribution in [-0.4, -0.2) is 29.5 Å². The lowest BCUT2D eigenvalue weighted by Gasteiger charge is -2.20. The van der Waals surface area contributed by atoms with Crippen molar-refractivity contribution in [1.82, 2.24) is 9.97 Å². The fraction of sp³-hybridized carbons (Fsp3) is 0.320. The summed E-state index contributed by atoms with van der Waals surface area (Å²) in [5, 5.41) is 5.78. The number of benzene rings is 1. The maximum absolute atomic E-state index is 12.4. The van der Waals surface area contributed by atoms with Gasteiger partial charge in [-0.2, -0.15) is 4.98 Å². The van der Waals surface area contributed by atoms with Crippen molar-refractivity contribution in [2.75, 3.05) is 29.1 Å². The minimum Gasteiger partial charge on any atom is -0.357 e. The van der Waals surface area contributed by atoms with Gasteiger partial charge in [-0.1, -0.05) is 82.8 Å². The van der Waals surface area contributed by atoms with E-state index in [0.717, 1.165) is 24.2 Å². The van der Waals surface area contributed by atoms with Crippen LogP contribution in [0.5, 0.6) is 0 Å². The number of amides is 1. The van der Waals surface area contributed by atoms with E-state index in [2.05, 4.69) is 32.1 Å². The highest BCUT2D eigenvalue weighted by Gasteiger charge is 2.33. The third-order valence-electron chi connectivity index (χ3n) is 4.39. The zero-order chi connectivity index (χ0) is 23.2. The summed E-state index contributed by atoms with van der Waals surface area (Å²) in [6.07, 6.45) is 6.15. The third-order valence-corrected chi connectivity index (χ3v) is 4.39. The number of hydrogen-bond acceptors (Lipinski definition) is 5. The van der Waals surface area contributed by atoms with Gasteiger partial charge in [-0.3, -0.25) is 4.79 Å². The molecule has 0 spiro atoms. The molecule has 4 rings (SSSR count). The molecule has 1 amide bonds. The molecule has 166 valence electrons. The van der Waals surface area contributed by atoms with Crippen molar-refractivity contribution in [3.05, 3.63) is 78.2 Å². The summed E-state index contributed by atoms with van der Waals surface area (Å²) >= 11 is 0. The van der Waals surface area contributed by atoms with Crippen LogP contribution in [0.2, 0.25) is 0 Å². The van der Waals surface area contributed by atoms with Gasteiger partial charge in [-0.15, -0.1) is 0 Å². The molecule has 1 fully saturated rings. The van der Waals surface area contributed by atoms with Crippen molar-refractivity contribution in [3.63, 3.8) is 0 Å². The van der Waals surface area contributed by atoms with Gasteiger partial charge < -0.3 is 15.5 Å². The predicted molar refractivity (Wildman–Crippen MR) is 132 cm³/mol. The second-order valence-electron chi connectivity index (χ2n) is 5.97. The Hall–Kier alpha value is -3.41. The molecule has 2 N–H and O–H groups in total. The zero-order valence-electron chi connectivity index (χ0n) is 19.6. The number of carbonyl (C=O) groups is 1. The van der Waals surface area contributed by atoms with E-state index in [-0.39, 0.29) is 5.91 Å². The highest BCUT2D eigenvalue weighted by molar-refractivity contribution is 6.10. The molecule has 0 aliphatic carbocycles. The summed E-state index contributed by atoms with van der Waals surface area (Å²) in [7, 11) is 1.77. The van der Waals surface area contributed by atoms with E-state index < -0.39 is 0 Å². The number of anilines is 3. The molecule has 3 heterocycles. The number of aromatic nitrogens is 2. The molecule has 6 nitrogen and oxygen atoms in total. The number of allylic oxidation sites excluding steroid dienone is 2. The van der Waals surface area contributed by atoms with Gasteiger partial charge in [-0.25, -0.2) is 4.98 Å². The lowest BCUT2D eigenvalue weighted by molar-refractivity contribution is -0.112. The Balaban J connectivity index is 0.000000404. The number of hydrogen-bond donors (Lipinski definition) is 2. The van der Waals surface area contributed by atoms with Gasteiger partial charge in [0.2, 0.25) is 5.95 Å². The Bertz CT molecular complexity index is 877. The third kappa shape index (κ3) is 6.28. The van der Waals surface area contributed by atoms with Crippen molar-refractivity contribution in [3.8, 4) is 0 Å². The van der Waals surface area contributed by atoms with E-state index in [1.807, 2.05) is 77.1 Å². The zero-order valence-corrected chi connectivity index (χ0v) is 19.6. The normalized spacial score (nSPS) is 14.8. The SMILES string of the molecule is C=CC1=C2/C(=C\C)CCN2c2nc(NC)ncc2NC1=O.CC.CC.c1ccccc1. The summed E-state index contributed by atoms with van der Waals surface area (Å²) in [6.45, 7) is 14.5. The van der Waals surface area contributed by atoms with Crippen LogP contribution < -0.4 is 15.5 Å². The molecular formula is C25H35N5O. The van der Waals surface area contributed by atoms with Gasteiger partial charge in [-0.05, 0) is 18.9 Å². The Morgan fingerprint density at radius 2 is 1.68 bits per heavy atom. The van der Waals surface area contributed by atoms with Gasteiger partial charge >= 0.3 is 0 Å². The second kappa shape index (κ2) is 13.7. The van der Waals surface area contributed by atoms with E-state index in [1.54, 1.807) is 19.3 Å². The average molecular weight is 422 g/mol. The minimum absolute atomic E-state index is 0.175. The van der Waals surface area contributed by atoms with Gasteiger partial charge in [0.1, 0.15) is 5.69 Å². The number of carbonyl (C=O) groups excluding carboxylic acids is 1. The number of fused-ring (bicyclic) bond motifs is 3. The van der Waals surface area contributed by atoms with Crippen molar-refractivity contribution < 1.29 is 4.79 Å². The van der Waals surface area contributed by atoms with Crippen LogP contribution in [0, 0.1) is 0 Å². The van der Waals surface area contributed by atoms with E-state index in [1.165, 1.54) is 0 Å². The van der Waals surface area contributed by atoms with Crippen LogP contribution in [0.25, 0.3) is 0 Å².